The van der Waals surface area contributed by atoms with E-state index in [1.54, 1.807) is 6.26 Å². The van der Waals surface area contributed by atoms with E-state index in [-0.39, 0.29) is 0 Å². The van der Waals surface area contributed by atoms with Crippen LogP contribution in [0.4, 0.5) is 0 Å². The highest BCUT2D eigenvalue weighted by Gasteiger charge is 2.28. The highest BCUT2D eigenvalue weighted by molar-refractivity contribution is 4.98. The average molecular weight is 221 g/mol. The Balaban J connectivity index is 1.82. The lowest BCUT2D eigenvalue weighted by Gasteiger charge is -2.38. The van der Waals surface area contributed by atoms with E-state index in [0.717, 1.165) is 18.2 Å². The number of nitrogens with zero attached hydrogens (tertiary/aromatic N) is 1. The minimum Gasteiger partial charge on any atom is -0.468 e. The van der Waals surface area contributed by atoms with Crippen LogP contribution in [-0.2, 0) is 6.54 Å². The Morgan fingerprint density at radius 1 is 1.31 bits per heavy atom. The third kappa shape index (κ3) is 2.88. The van der Waals surface area contributed by atoms with Crippen LogP contribution in [-0.4, -0.2) is 18.0 Å². The number of furan rings is 1. The van der Waals surface area contributed by atoms with Crippen LogP contribution in [0.25, 0.3) is 0 Å². The second-order valence-electron chi connectivity index (χ2n) is 6.00. The van der Waals surface area contributed by atoms with Gasteiger partial charge >= 0.3 is 0 Å². The lowest BCUT2D eigenvalue weighted by Crippen LogP contribution is -2.37. The molecule has 2 heteroatoms. The molecular weight excluding hydrogens is 198 g/mol. The lowest BCUT2D eigenvalue weighted by atomic mass is 9.75. The van der Waals surface area contributed by atoms with Gasteiger partial charge in [0.05, 0.1) is 12.8 Å². The van der Waals surface area contributed by atoms with Crippen molar-refractivity contribution < 1.29 is 4.42 Å². The van der Waals surface area contributed by atoms with E-state index >= 15 is 0 Å². The molecule has 1 aliphatic rings. The zero-order chi connectivity index (χ0) is 11.6. The fourth-order valence-corrected chi connectivity index (χ4v) is 2.58. The Hall–Kier alpha value is -0.760. The van der Waals surface area contributed by atoms with Gasteiger partial charge in [0, 0.05) is 0 Å². The van der Waals surface area contributed by atoms with Gasteiger partial charge in [-0.2, -0.15) is 0 Å². The Kier molecular flexibility index (Phi) is 3.38. The summed E-state index contributed by atoms with van der Waals surface area (Å²) in [6.07, 6.45) is 4.41. The van der Waals surface area contributed by atoms with Gasteiger partial charge in [-0.15, -0.1) is 0 Å². The summed E-state index contributed by atoms with van der Waals surface area (Å²) < 4.78 is 5.39. The van der Waals surface area contributed by atoms with Crippen LogP contribution in [0.5, 0.6) is 0 Å². The number of hydrogen-bond donors (Lipinski definition) is 0. The maximum atomic E-state index is 5.39. The van der Waals surface area contributed by atoms with Gasteiger partial charge < -0.3 is 4.42 Å². The molecule has 0 saturated carbocycles. The molecule has 1 aromatic heterocycles. The van der Waals surface area contributed by atoms with Gasteiger partial charge in [0.1, 0.15) is 5.76 Å². The van der Waals surface area contributed by atoms with E-state index in [9.17, 15) is 0 Å². The van der Waals surface area contributed by atoms with Gasteiger partial charge in [-0.25, -0.2) is 0 Å². The SMILES string of the molecule is CC(C)(C)C1CCN(Cc2ccco2)CC1. The molecule has 0 unspecified atom stereocenters. The van der Waals surface area contributed by atoms with Crippen molar-refractivity contribution in [3.8, 4) is 0 Å². The fourth-order valence-electron chi connectivity index (χ4n) is 2.58. The maximum absolute atomic E-state index is 5.39. The fraction of sp³-hybridized carbons (Fsp3) is 0.714. The second kappa shape index (κ2) is 4.62. The molecule has 0 bridgehead atoms. The van der Waals surface area contributed by atoms with Crippen molar-refractivity contribution in [2.24, 2.45) is 11.3 Å². The average Bonchev–Trinajstić information content (AvgIpc) is 2.70. The third-order valence-electron chi connectivity index (χ3n) is 3.77. The molecule has 2 nitrogen and oxygen atoms in total. The minimum atomic E-state index is 0.469. The summed E-state index contributed by atoms with van der Waals surface area (Å²) in [4.78, 5) is 2.50. The van der Waals surface area contributed by atoms with Crippen molar-refractivity contribution >= 4 is 0 Å². The van der Waals surface area contributed by atoms with E-state index in [2.05, 4.69) is 31.7 Å². The Morgan fingerprint density at radius 2 is 2.00 bits per heavy atom. The lowest BCUT2D eigenvalue weighted by molar-refractivity contribution is 0.103. The topological polar surface area (TPSA) is 16.4 Å². The highest BCUT2D eigenvalue weighted by atomic mass is 16.3. The molecule has 2 rings (SSSR count). The van der Waals surface area contributed by atoms with Gasteiger partial charge in [0.2, 0.25) is 0 Å². The van der Waals surface area contributed by atoms with Gasteiger partial charge in [0.25, 0.3) is 0 Å². The van der Waals surface area contributed by atoms with Crippen LogP contribution in [0, 0.1) is 11.3 Å². The molecule has 90 valence electrons. The first-order valence-corrected chi connectivity index (χ1v) is 6.30. The van der Waals surface area contributed by atoms with Crippen molar-refractivity contribution in [1.29, 1.82) is 0 Å². The van der Waals surface area contributed by atoms with Crippen LogP contribution in [0.1, 0.15) is 39.4 Å². The molecular formula is C14H23NO. The standard InChI is InChI=1S/C14H23NO/c1-14(2,3)12-6-8-15(9-7-12)11-13-5-4-10-16-13/h4-5,10,12H,6-9,11H2,1-3H3. The Morgan fingerprint density at radius 3 is 2.50 bits per heavy atom. The van der Waals surface area contributed by atoms with Gasteiger partial charge in [-0.05, 0) is 49.4 Å². The molecule has 16 heavy (non-hydrogen) atoms. The van der Waals surface area contributed by atoms with E-state index in [1.807, 2.05) is 6.07 Å². The molecule has 1 saturated heterocycles. The van der Waals surface area contributed by atoms with Gasteiger partial charge in [0.15, 0.2) is 0 Å². The normalized spacial score (nSPS) is 20.2. The second-order valence-corrected chi connectivity index (χ2v) is 6.00. The molecule has 2 heterocycles. The summed E-state index contributed by atoms with van der Waals surface area (Å²) in [5, 5.41) is 0. The van der Waals surface area contributed by atoms with Crippen LogP contribution in [0.15, 0.2) is 22.8 Å². The summed E-state index contributed by atoms with van der Waals surface area (Å²) in [6.45, 7) is 10.5. The summed E-state index contributed by atoms with van der Waals surface area (Å²) in [7, 11) is 0. The number of likely N-dealkylation sites (tertiary alicyclic amines) is 1. The summed E-state index contributed by atoms with van der Waals surface area (Å²) in [5.74, 6) is 1.97. The van der Waals surface area contributed by atoms with Crippen molar-refractivity contribution in [3.63, 3.8) is 0 Å². The van der Waals surface area contributed by atoms with Gasteiger partial charge in [-0.1, -0.05) is 20.8 Å². The summed E-state index contributed by atoms with van der Waals surface area (Å²) in [5.41, 5.74) is 0.469. The molecule has 0 radical (unpaired) electrons. The highest BCUT2D eigenvalue weighted by Crippen LogP contribution is 2.34. The first-order valence-electron chi connectivity index (χ1n) is 6.30. The Labute approximate surface area is 98.6 Å². The smallest absolute Gasteiger partial charge is 0.117 e. The monoisotopic (exact) mass is 221 g/mol. The van der Waals surface area contributed by atoms with E-state index in [1.165, 1.54) is 25.9 Å². The van der Waals surface area contributed by atoms with E-state index < -0.39 is 0 Å². The van der Waals surface area contributed by atoms with Crippen LogP contribution < -0.4 is 0 Å². The summed E-state index contributed by atoms with van der Waals surface area (Å²) >= 11 is 0. The number of hydrogen-bond acceptors (Lipinski definition) is 2. The third-order valence-corrected chi connectivity index (χ3v) is 3.77. The van der Waals surface area contributed by atoms with Crippen molar-refractivity contribution in [2.45, 2.75) is 40.2 Å². The van der Waals surface area contributed by atoms with Crippen molar-refractivity contribution in [1.82, 2.24) is 4.90 Å². The van der Waals surface area contributed by atoms with Crippen molar-refractivity contribution in [3.05, 3.63) is 24.2 Å². The molecule has 0 aromatic carbocycles. The van der Waals surface area contributed by atoms with Crippen LogP contribution in [0.3, 0.4) is 0 Å². The quantitative estimate of drug-likeness (QED) is 0.759. The molecule has 0 amide bonds. The zero-order valence-electron chi connectivity index (χ0n) is 10.7. The maximum Gasteiger partial charge on any atom is 0.117 e. The largest absolute Gasteiger partial charge is 0.468 e. The molecule has 0 N–H and O–H groups in total. The minimum absolute atomic E-state index is 0.469. The van der Waals surface area contributed by atoms with E-state index in [4.69, 9.17) is 4.42 Å². The first kappa shape index (κ1) is 11.7. The molecule has 0 aliphatic carbocycles. The molecule has 0 atom stereocenters. The van der Waals surface area contributed by atoms with Crippen molar-refractivity contribution in [2.75, 3.05) is 13.1 Å². The number of piperidine rings is 1. The molecule has 0 spiro atoms. The predicted molar refractivity (Wildman–Crippen MR) is 66.2 cm³/mol. The molecule has 1 aliphatic heterocycles. The van der Waals surface area contributed by atoms with Crippen LogP contribution >= 0.6 is 0 Å². The first-order chi connectivity index (χ1) is 7.55. The van der Waals surface area contributed by atoms with E-state index in [0.29, 0.717) is 5.41 Å². The molecule has 1 fully saturated rings. The van der Waals surface area contributed by atoms with Crippen LogP contribution in [0.2, 0.25) is 0 Å². The predicted octanol–water partition coefficient (Wildman–Crippen LogP) is 3.54. The Bertz CT molecular complexity index is 302. The number of rotatable bonds is 2. The van der Waals surface area contributed by atoms with Gasteiger partial charge in [-0.3, -0.25) is 4.90 Å². The molecule has 1 aromatic rings. The summed E-state index contributed by atoms with van der Waals surface area (Å²) in [6, 6.07) is 4.03. The zero-order valence-corrected chi connectivity index (χ0v) is 10.7.